The van der Waals surface area contributed by atoms with Crippen LogP contribution in [0.15, 0.2) is 50.2 Å². The predicted molar refractivity (Wildman–Crippen MR) is 93.9 cm³/mol. The maximum atomic E-state index is 14.0. The Kier molecular flexibility index (Phi) is 4.56. The molecule has 1 aromatic carbocycles. The van der Waals surface area contributed by atoms with Crippen LogP contribution in [-0.4, -0.2) is 36.0 Å². The third-order valence-corrected chi connectivity index (χ3v) is 6.49. The van der Waals surface area contributed by atoms with Crippen LogP contribution in [0.25, 0.3) is 11.6 Å². The molecule has 3 heterocycles. The lowest BCUT2D eigenvalue weighted by atomic mass is 10.00. The van der Waals surface area contributed by atoms with Crippen LogP contribution in [0.5, 0.6) is 0 Å². The molecule has 1 saturated heterocycles. The summed E-state index contributed by atoms with van der Waals surface area (Å²) in [5, 5.41) is 3.93. The minimum Gasteiger partial charge on any atom is -0.458 e. The molecule has 9 heteroatoms. The highest BCUT2D eigenvalue weighted by Crippen LogP contribution is 2.31. The van der Waals surface area contributed by atoms with Crippen molar-refractivity contribution in [2.45, 2.75) is 30.6 Å². The number of nitrogens with zero attached hydrogens (tertiary/aromatic N) is 3. The van der Waals surface area contributed by atoms with Gasteiger partial charge in [0.15, 0.2) is 5.76 Å². The first-order valence-corrected chi connectivity index (χ1v) is 10.0. The van der Waals surface area contributed by atoms with E-state index in [2.05, 4.69) is 10.1 Å². The molecule has 1 atom stereocenters. The van der Waals surface area contributed by atoms with E-state index in [4.69, 9.17) is 8.94 Å². The van der Waals surface area contributed by atoms with E-state index in [1.165, 1.54) is 22.5 Å². The standard InChI is InChI=1S/C18H18FN3O4S/c1-12-8-9-15(25-12)17-20-18(26-21-17)13-5-4-10-22(11-13)27(23,24)16-7-3-2-6-14(16)19/h2-3,6-9,13H,4-5,10-11H2,1H3. The van der Waals surface area contributed by atoms with E-state index in [0.29, 0.717) is 36.9 Å². The molecule has 1 unspecified atom stereocenters. The minimum absolute atomic E-state index is 0.162. The third kappa shape index (κ3) is 3.40. The largest absolute Gasteiger partial charge is 0.458 e. The lowest BCUT2D eigenvalue weighted by Crippen LogP contribution is -2.39. The monoisotopic (exact) mass is 391 g/mol. The van der Waals surface area contributed by atoms with E-state index < -0.39 is 15.8 Å². The molecule has 27 heavy (non-hydrogen) atoms. The number of aromatic nitrogens is 2. The molecule has 142 valence electrons. The molecule has 0 bridgehead atoms. The van der Waals surface area contributed by atoms with Crippen molar-refractivity contribution < 1.29 is 21.7 Å². The van der Waals surface area contributed by atoms with Gasteiger partial charge in [0.05, 0.1) is 5.92 Å². The molecule has 7 nitrogen and oxygen atoms in total. The SMILES string of the molecule is Cc1ccc(-c2noc(C3CCCN(S(=O)(=O)c4ccccc4F)C3)n2)o1. The smallest absolute Gasteiger partial charge is 0.246 e. The molecule has 0 spiro atoms. The minimum atomic E-state index is -3.93. The van der Waals surface area contributed by atoms with Gasteiger partial charge in [0.2, 0.25) is 21.7 Å². The average Bonchev–Trinajstić information content (AvgIpc) is 3.31. The van der Waals surface area contributed by atoms with Gasteiger partial charge in [-0.05, 0) is 44.0 Å². The van der Waals surface area contributed by atoms with Crippen molar-refractivity contribution in [1.82, 2.24) is 14.4 Å². The fourth-order valence-corrected chi connectivity index (χ4v) is 4.80. The zero-order valence-corrected chi connectivity index (χ0v) is 15.4. The summed E-state index contributed by atoms with van der Waals surface area (Å²) in [7, 11) is -3.93. The lowest BCUT2D eigenvalue weighted by Gasteiger charge is -2.30. The Morgan fingerprint density at radius 2 is 2.04 bits per heavy atom. The van der Waals surface area contributed by atoms with Crippen molar-refractivity contribution in [1.29, 1.82) is 0 Å². The number of aryl methyl sites for hydroxylation is 1. The Hall–Kier alpha value is -2.52. The topological polar surface area (TPSA) is 89.4 Å². The van der Waals surface area contributed by atoms with E-state index >= 15 is 0 Å². The number of benzene rings is 1. The maximum Gasteiger partial charge on any atom is 0.246 e. The molecular formula is C18H18FN3O4S. The number of hydrogen-bond acceptors (Lipinski definition) is 6. The van der Waals surface area contributed by atoms with Crippen molar-refractivity contribution >= 4 is 10.0 Å². The Morgan fingerprint density at radius 1 is 1.22 bits per heavy atom. The number of furan rings is 1. The van der Waals surface area contributed by atoms with Gasteiger partial charge in [0.1, 0.15) is 16.5 Å². The zero-order chi connectivity index (χ0) is 19.0. The molecule has 0 aliphatic carbocycles. The van der Waals surface area contributed by atoms with Crippen LogP contribution in [0.3, 0.4) is 0 Å². The van der Waals surface area contributed by atoms with Gasteiger partial charge in [-0.3, -0.25) is 0 Å². The summed E-state index contributed by atoms with van der Waals surface area (Å²) >= 11 is 0. The summed E-state index contributed by atoms with van der Waals surface area (Å²) in [6.45, 7) is 2.30. The second-order valence-electron chi connectivity index (χ2n) is 6.50. The summed E-state index contributed by atoms with van der Waals surface area (Å²) in [6, 6.07) is 8.94. The van der Waals surface area contributed by atoms with Gasteiger partial charge in [-0.25, -0.2) is 12.8 Å². The van der Waals surface area contributed by atoms with Gasteiger partial charge >= 0.3 is 0 Å². The summed E-state index contributed by atoms with van der Waals surface area (Å²) < 4.78 is 51.7. The van der Waals surface area contributed by atoms with Gasteiger partial charge in [-0.15, -0.1) is 0 Å². The van der Waals surface area contributed by atoms with Crippen LogP contribution < -0.4 is 0 Å². The zero-order valence-electron chi connectivity index (χ0n) is 14.6. The second kappa shape index (κ2) is 6.90. The quantitative estimate of drug-likeness (QED) is 0.678. The summed E-state index contributed by atoms with van der Waals surface area (Å²) in [4.78, 5) is 4.04. The van der Waals surface area contributed by atoms with Gasteiger partial charge in [-0.1, -0.05) is 17.3 Å². The molecule has 0 radical (unpaired) electrons. The number of halogens is 1. The molecule has 1 aliphatic rings. The highest BCUT2D eigenvalue weighted by molar-refractivity contribution is 7.89. The van der Waals surface area contributed by atoms with Gasteiger partial charge in [-0.2, -0.15) is 9.29 Å². The molecule has 1 fully saturated rings. The molecule has 0 saturated carbocycles. The van der Waals surface area contributed by atoms with E-state index in [-0.39, 0.29) is 17.4 Å². The Bertz CT molecular complexity index is 1060. The lowest BCUT2D eigenvalue weighted by molar-refractivity contribution is 0.265. The number of hydrogen-bond donors (Lipinski definition) is 0. The number of piperidine rings is 1. The van der Waals surface area contributed by atoms with E-state index in [9.17, 15) is 12.8 Å². The van der Waals surface area contributed by atoms with Crippen LogP contribution in [0.4, 0.5) is 4.39 Å². The first-order valence-electron chi connectivity index (χ1n) is 8.60. The normalized spacial score (nSPS) is 18.7. The van der Waals surface area contributed by atoms with E-state index in [1.54, 1.807) is 12.1 Å². The highest BCUT2D eigenvalue weighted by Gasteiger charge is 2.34. The summed E-state index contributed by atoms with van der Waals surface area (Å²) in [5.41, 5.74) is 0. The Balaban J connectivity index is 1.57. The molecule has 2 aromatic heterocycles. The first kappa shape index (κ1) is 17.9. The van der Waals surface area contributed by atoms with Crippen LogP contribution >= 0.6 is 0 Å². The van der Waals surface area contributed by atoms with Crippen molar-refractivity contribution in [2.24, 2.45) is 0 Å². The average molecular weight is 391 g/mol. The van der Waals surface area contributed by atoms with Crippen molar-refractivity contribution in [3.8, 4) is 11.6 Å². The maximum absolute atomic E-state index is 14.0. The molecule has 4 rings (SSSR count). The second-order valence-corrected chi connectivity index (χ2v) is 8.41. The van der Waals surface area contributed by atoms with Crippen LogP contribution in [0.2, 0.25) is 0 Å². The van der Waals surface area contributed by atoms with Crippen LogP contribution in [0.1, 0.15) is 30.4 Å². The van der Waals surface area contributed by atoms with Crippen molar-refractivity contribution in [2.75, 3.05) is 13.1 Å². The first-order chi connectivity index (χ1) is 12.9. The number of rotatable bonds is 4. The fourth-order valence-electron chi connectivity index (χ4n) is 3.21. The fraction of sp³-hybridized carbons (Fsp3) is 0.333. The van der Waals surface area contributed by atoms with Crippen molar-refractivity contribution in [3.05, 3.63) is 53.9 Å². The van der Waals surface area contributed by atoms with Crippen LogP contribution in [0, 0.1) is 12.7 Å². The number of sulfonamides is 1. The summed E-state index contributed by atoms with van der Waals surface area (Å²) in [5.74, 6) is 0.899. The van der Waals surface area contributed by atoms with Gasteiger partial charge in [0, 0.05) is 13.1 Å². The molecular weight excluding hydrogens is 373 g/mol. The van der Waals surface area contributed by atoms with Gasteiger partial charge in [0.25, 0.3) is 0 Å². The molecule has 0 amide bonds. The predicted octanol–water partition coefficient (Wildman–Crippen LogP) is 3.35. The Morgan fingerprint density at radius 3 is 2.78 bits per heavy atom. The molecule has 3 aromatic rings. The van der Waals surface area contributed by atoms with Gasteiger partial charge < -0.3 is 8.94 Å². The molecule has 0 N–H and O–H groups in total. The third-order valence-electron chi connectivity index (χ3n) is 4.59. The van der Waals surface area contributed by atoms with Crippen molar-refractivity contribution in [3.63, 3.8) is 0 Å². The van der Waals surface area contributed by atoms with E-state index in [0.717, 1.165) is 11.8 Å². The highest BCUT2D eigenvalue weighted by atomic mass is 32.2. The summed E-state index contributed by atoms with van der Waals surface area (Å²) in [6.07, 6.45) is 1.33. The van der Waals surface area contributed by atoms with E-state index in [1.807, 2.05) is 6.92 Å². The molecule has 1 aliphatic heterocycles. The Labute approximate surface area is 155 Å². The van der Waals surface area contributed by atoms with Crippen LogP contribution in [-0.2, 0) is 10.0 Å².